The summed E-state index contributed by atoms with van der Waals surface area (Å²) in [5, 5.41) is 2.77. The maximum Gasteiger partial charge on any atom is 0.325 e. The van der Waals surface area contributed by atoms with Crippen LogP contribution in [0.2, 0.25) is 0 Å². The van der Waals surface area contributed by atoms with Crippen LogP contribution >= 0.6 is 0 Å². The first kappa shape index (κ1) is 21.2. The molecular formula is C22H24N2O6. The Bertz CT molecular complexity index is 972. The van der Waals surface area contributed by atoms with Gasteiger partial charge in [-0.15, -0.1) is 0 Å². The van der Waals surface area contributed by atoms with Crippen molar-refractivity contribution >= 4 is 17.7 Å². The van der Waals surface area contributed by atoms with Crippen LogP contribution in [0, 0.1) is 0 Å². The van der Waals surface area contributed by atoms with E-state index < -0.39 is 29.8 Å². The Labute approximate surface area is 174 Å². The summed E-state index contributed by atoms with van der Waals surface area (Å²) in [7, 11) is 4.48. The molecule has 2 aromatic carbocycles. The molecule has 1 fully saturated rings. The molecule has 8 heteroatoms. The fourth-order valence-electron chi connectivity index (χ4n) is 3.55. The van der Waals surface area contributed by atoms with Crippen molar-refractivity contribution in [1.29, 1.82) is 0 Å². The third kappa shape index (κ3) is 3.56. The van der Waals surface area contributed by atoms with Gasteiger partial charge >= 0.3 is 6.03 Å². The monoisotopic (exact) mass is 412 g/mol. The van der Waals surface area contributed by atoms with Crippen LogP contribution in [0.25, 0.3) is 0 Å². The molecule has 0 radical (unpaired) electrons. The van der Waals surface area contributed by atoms with E-state index in [9.17, 15) is 14.4 Å². The minimum absolute atomic E-state index is 0.232. The number of hydrogen-bond acceptors (Lipinski definition) is 6. The highest BCUT2D eigenvalue weighted by atomic mass is 16.5. The number of carbonyl (C=O) groups is 3. The van der Waals surface area contributed by atoms with E-state index in [-0.39, 0.29) is 5.56 Å². The van der Waals surface area contributed by atoms with Crippen LogP contribution in [-0.4, -0.2) is 50.5 Å². The van der Waals surface area contributed by atoms with Crippen LogP contribution in [0.3, 0.4) is 0 Å². The number of carbonyl (C=O) groups excluding carboxylic acids is 3. The van der Waals surface area contributed by atoms with Gasteiger partial charge in [0.15, 0.2) is 5.78 Å². The lowest BCUT2D eigenvalue weighted by Gasteiger charge is -2.26. The van der Waals surface area contributed by atoms with Crippen LogP contribution < -0.4 is 19.5 Å². The van der Waals surface area contributed by atoms with E-state index in [0.29, 0.717) is 29.2 Å². The molecule has 1 heterocycles. The van der Waals surface area contributed by atoms with Crippen molar-refractivity contribution in [2.45, 2.75) is 18.9 Å². The van der Waals surface area contributed by atoms with E-state index in [1.165, 1.54) is 20.3 Å². The first-order valence-corrected chi connectivity index (χ1v) is 9.44. The first-order chi connectivity index (χ1) is 14.4. The highest BCUT2D eigenvalue weighted by molar-refractivity contribution is 6.12. The van der Waals surface area contributed by atoms with Crippen molar-refractivity contribution in [3.05, 3.63) is 53.6 Å². The van der Waals surface area contributed by atoms with Crippen molar-refractivity contribution in [3.8, 4) is 17.2 Å². The van der Waals surface area contributed by atoms with Crippen LogP contribution in [0.4, 0.5) is 4.79 Å². The van der Waals surface area contributed by atoms with Gasteiger partial charge in [-0.25, -0.2) is 4.79 Å². The summed E-state index contributed by atoms with van der Waals surface area (Å²) in [4.78, 5) is 39.8. The van der Waals surface area contributed by atoms with Gasteiger partial charge in [0.25, 0.3) is 5.91 Å². The number of urea groups is 1. The smallest absolute Gasteiger partial charge is 0.325 e. The predicted octanol–water partition coefficient (Wildman–Crippen LogP) is 2.75. The van der Waals surface area contributed by atoms with E-state index >= 15 is 0 Å². The lowest BCUT2D eigenvalue weighted by atomic mass is 9.87. The zero-order chi connectivity index (χ0) is 21.9. The summed E-state index contributed by atoms with van der Waals surface area (Å²) in [6.45, 7) is 1.39. The van der Waals surface area contributed by atoms with Gasteiger partial charge in [0, 0.05) is 0 Å². The quantitative estimate of drug-likeness (QED) is 0.529. The normalized spacial score (nSPS) is 18.2. The fraction of sp³-hybridized carbons (Fsp3) is 0.318. The molecule has 1 saturated heterocycles. The molecule has 1 aliphatic rings. The molecular weight excluding hydrogens is 388 g/mol. The number of nitrogens with one attached hydrogen (secondary N) is 1. The third-order valence-electron chi connectivity index (χ3n) is 5.30. The van der Waals surface area contributed by atoms with E-state index in [0.717, 1.165) is 4.90 Å². The Morgan fingerprint density at radius 3 is 2.17 bits per heavy atom. The Balaban J connectivity index is 1.90. The number of rotatable bonds is 8. The van der Waals surface area contributed by atoms with Crippen LogP contribution in [-0.2, 0) is 10.3 Å². The molecule has 8 nitrogen and oxygen atoms in total. The zero-order valence-corrected chi connectivity index (χ0v) is 17.4. The second-order valence-corrected chi connectivity index (χ2v) is 6.80. The molecule has 3 amide bonds. The average Bonchev–Trinajstić information content (AvgIpc) is 3.03. The Morgan fingerprint density at radius 1 is 0.967 bits per heavy atom. The molecule has 0 aromatic heterocycles. The van der Waals surface area contributed by atoms with E-state index in [4.69, 9.17) is 14.2 Å². The lowest BCUT2D eigenvalue weighted by molar-refractivity contribution is -0.131. The summed E-state index contributed by atoms with van der Waals surface area (Å²) in [6, 6.07) is 11.1. The maximum atomic E-state index is 13.3. The highest BCUT2D eigenvalue weighted by Gasteiger charge is 2.51. The Kier molecular flexibility index (Phi) is 5.96. The van der Waals surface area contributed by atoms with Gasteiger partial charge in [0.1, 0.15) is 22.8 Å². The summed E-state index contributed by atoms with van der Waals surface area (Å²) in [5.74, 6) is 0.535. The molecule has 1 atom stereocenters. The van der Waals surface area contributed by atoms with Gasteiger partial charge in [0.2, 0.25) is 0 Å². The molecule has 3 rings (SSSR count). The Hall–Kier alpha value is -3.55. The number of hydrogen-bond donors (Lipinski definition) is 1. The number of benzene rings is 2. The molecule has 0 saturated carbocycles. The van der Waals surface area contributed by atoms with E-state index in [1.807, 2.05) is 0 Å². The third-order valence-corrected chi connectivity index (χ3v) is 5.30. The molecule has 1 unspecified atom stereocenters. The number of methoxy groups -OCH3 is 3. The SMILES string of the molecule is CCC1(c2ccc(OC)cc2)NC(=O)N(CC(=O)c2cc(OC)ccc2OC)C1=O. The fourth-order valence-corrected chi connectivity index (χ4v) is 3.55. The average molecular weight is 412 g/mol. The van der Waals surface area contributed by atoms with Crippen LogP contribution in [0.5, 0.6) is 17.2 Å². The summed E-state index contributed by atoms with van der Waals surface area (Å²) in [6.07, 6.45) is 0.330. The second kappa shape index (κ2) is 8.44. The van der Waals surface area contributed by atoms with Gasteiger partial charge in [-0.2, -0.15) is 0 Å². The van der Waals surface area contributed by atoms with E-state index in [2.05, 4.69) is 5.32 Å². The molecule has 158 valence electrons. The van der Waals surface area contributed by atoms with Gasteiger partial charge in [-0.05, 0) is 42.3 Å². The van der Waals surface area contributed by atoms with Crippen molar-refractivity contribution in [1.82, 2.24) is 10.2 Å². The molecule has 0 aliphatic carbocycles. The first-order valence-electron chi connectivity index (χ1n) is 9.44. The molecule has 1 aliphatic heterocycles. The van der Waals surface area contributed by atoms with Crippen molar-refractivity contribution < 1.29 is 28.6 Å². The van der Waals surface area contributed by atoms with Crippen LogP contribution in [0.1, 0.15) is 29.3 Å². The second-order valence-electron chi connectivity index (χ2n) is 6.80. The zero-order valence-electron chi connectivity index (χ0n) is 17.4. The minimum atomic E-state index is -1.23. The van der Waals surface area contributed by atoms with Crippen molar-refractivity contribution in [2.75, 3.05) is 27.9 Å². The number of nitrogens with zero attached hydrogens (tertiary/aromatic N) is 1. The topological polar surface area (TPSA) is 94.2 Å². The molecule has 2 aromatic rings. The van der Waals surface area contributed by atoms with Gasteiger partial charge in [-0.1, -0.05) is 19.1 Å². The number of imide groups is 1. The standard InChI is InChI=1S/C22H24N2O6/c1-5-22(14-6-8-15(28-2)9-7-14)20(26)24(21(27)23-22)13-18(25)17-12-16(29-3)10-11-19(17)30-4/h6-12H,5,13H2,1-4H3,(H,23,27). The molecule has 1 N–H and O–H groups in total. The molecule has 0 spiro atoms. The summed E-state index contributed by atoms with van der Waals surface area (Å²) in [5.41, 5.74) is -0.379. The van der Waals surface area contributed by atoms with Crippen LogP contribution in [0.15, 0.2) is 42.5 Å². The number of Topliss-reactive ketones (excluding diaryl/α,β-unsaturated/α-hetero) is 1. The number of ether oxygens (including phenoxy) is 3. The van der Waals surface area contributed by atoms with Gasteiger partial charge in [0.05, 0.1) is 33.4 Å². The van der Waals surface area contributed by atoms with E-state index in [1.54, 1.807) is 50.4 Å². The summed E-state index contributed by atoms with van der Waals surface area (Å²) < 4.78 is 15.6. The maximum absolute atomic E-state index is 13.3. The highest BCUT2D eigenvalue weighted by Crippen LogP contribution is 2.34. The summed E-state index contributed by atoms with van der Waals surface area (Å²) >= 11 is 0. The van der Waals surface area contributed by atoms with Gasteiger partial charge < -0.3 is 19.5 Å². The van der Waals surface area contributed by atoms with Crippen molar-refractivity contribution in [2.24, 2.45) is 0 Å². The molecule has 30 heavy (non-hydrogen) atoms. The molecule has 0 bridgehead atoms. The van der Waals surface area contributed by atoms with Gasteiger partial charge in [-0.3, -0.25) is 14.5 Å². The predicted molar refractivity (Wildman–Crippen MR) is 109 cm³/mol. The van der Waals surface area contributed by atoms with Crippen molar-refractivity contribution in [3.63, 3.8) is 0 Å². The lowest BCUT2D eigenvalue weighted by Crippen LogP contribution is -2.43. The number of amides is 3. The minimum Gasteiger partial charge on any atom is -0.497 e. The Morgan fingerprint density at radius 2 is 1.60 bits per heavy atom. The number of ketones is 1. The largest absolute Gasteiger partial charge is 0.497 e.